The number of aryl methyl sites for hydroxylation is 1. The van der Waals surface area contributed by atoms with Gasteiger partial charge < -0.3 is 4.74 Å². The van der Waals surface area contributed by atoms with E-state index < -0.39 is 0 Å². The summed E-state index contributed by atoms with van der Waals surface area (Å²) in [5, 5.41) is 3.99. The zero-order valence-corrected chi connectivity index (χ0v) is 9.69. The summed E-state index contributed by atoms with van der Waals surface area (Å²) in [5.41, 5.74) is 0.717. The number of hydrogen-bond acceptors (Lipinski definition) is 3. The second-order valence-corrected chi connectivity index (χ2v) is 4.35. The monoisotopic (exact) mass is 222 g/mol. The summed E-state index contributed by atoms with van der Waals surface area (Å²) < 4.78 is 7.18. The topological polar surface area (TPSA) is 44.1 Å². The first kappa shape index (κ1) is 11.3. The number of carbonyl (C=O) groups excluding carboxylic acids is 1. The SMILES string of the molecule is Cn1cc(C(=O)CCCC2CCCO2)cn1. The van der Waals surface area contributed by atoms with Crippen molar-refractivity contribution < 1.29 is 9.53 Å². The van der Waals surface area contributed by atoms with Crippen molar-refractivity contribution in [1.82, 2.24) is 9.78 Å². The average molecular weight is 222 g/mol. The van der Waals surface area contributed by atoms with E-state index in [0.29, 0.717) is 12.5 Å². The lowest BCUT2D eigenvalue weighted by Crippen LogP contribution is -2.06. The fourth-order valence-corrected chi connectivity index (χ4v) is 2.07. The fraction of sp³-hybridized carbons (Fsp3) is 0.667. The number of nitrogens with zero attached hydrogens (tertiary/aromatic N) is 2. The molecule has 1 aliphatic rings. The molecule has 1 aromatic heterocycles. The summed E-state index contributed by atoms with van der Waals surface area (Å²) in [4.78, 5) is 11.7. The molecule has 4 nitrogen and oxygen atoms in total. The minimum Gasteiger partial charge on any atom is -0.378 e. The number of rotatable bonds is 5. The maximum atomic E-state index is 11.7. The highest BCUT2D eigenvalue weighted by Gasteiger charge is 2.16. The normalized spacial score (nSPS) is 20.2. The molecule has 0 radical (unpaired) electrons. The van der Waals surface area contributed by atoms with Crippen LogP contribution in [0.2, 0.25) is 0 Å². The fourth-order valence-electron chi connectivity index (χ4n) is 2.07. The summed E-state index contributed by atoms with van der Waals surface area (Å²) in [7, 11) is 1.82. The molecule has 0 saturated carbocycles. The van der Waals surface area contributed by atoms with Crippen LogP contribution in [-0.4, -0.2) is 28.3 Å². The smallest absolute Gasteiger partial charge is 0.166 e. The highest BCUT2D eigenvalue weighted by molar-refractivity contribution is 5.95. The van der Waals surface area contributed by atoms with Gasteiger partial charge in [0.05, 0.1) is 17.9 Å². The van der Waals surface area contributed by atoms with Gasteiger partial charge in [0, 0.05) is 26.3 Å². The Morgan fingerprint density at radius 3 is 3.19 bits per heavy atom. The van der Waals surface area contributed by atoms with Crippen LogP contribution in [0.15, 0.2) is 12.4 Å². The quantitative estimate of drug-likeness (QED) is 0.715. The Bertz CT molecular complexity index is 354. The molecule has 1 atom stereocenters. The zero-order valence-electron chi connectivity index (χ0n) is 9.69. The molecule has 0 aliphatic carbocycles. The van der Waals surface area contributed by atoms with E-state index in [1.807, 2.05) is 7.05 Å². The van der Waals surface area contributed by atoms with Gasteiger partial charge in [0.1, 0.15) is 0 Å². The third-order valence-electron chi connectivity index (χ3n) is 2.98. The molecule has 1 unspecified atom stereocenters. The van der Waals surface area contributed by atoms with Crippen LogP contribution >= 0.6 is 0 Å². The number of ether oxygens (including phenoxy) is 1. The highest BCUT2D eigenvalue weighted by atomic mass is 16.5. The van der Waals surface area contributed by atoms with Gasteiger partial charge in [-0.3, -0.25) is 9.48 Å². The minimum absolute atomic E-state index is 0.186. The van der Waals surface area contributed by atoms with Gasteiger partial charge in [0.15, 0.2) is 5.78 Å². The third-order valence-corrected chi connectivity index (χ3v) is 2.98. The van der Waals surface area contributed by atoms with Crippen molar-refractivity contribution in [2.24, 2.45) is 7.05 Å². The van der Waals surface area contributed by atoms with Crippen molar-refractivity contribution in [2.75, 3.05) is 6.61 Å². The Morgan fingerprint density at radius 2 is 2.56 bits per heavy atom. The van der Waals surface area contributed by atoms with Crippen LogP contribution < -0.4 is 0 Å². The molecule has 1 saturated heterocycles. The average Bonchev–Trinajstić information content (AvgIpc) is 2.89. The van der Waals surface area contributed by atoms with Gasteiger partial charge in [0.2, 0.25) is 0 Å². The molecule has 1 aromatic rings. The Kier molecular flexibility index (Phi) is 3.72. The first-order valence-corrected chi connectivity index (χ1v) is 5.89. The highest BCUT2D eigenvalue weighted by Crippen LogP contribution is 2.18. The second-order valence-electron chi connectivity index (χ2n) is 4.35. The Morgan fingerprint density at radius 1 is 1.69 bits per heavy atom. The molecule has 1 fully saturated rings. The largest absolute Gasteiger partial charge is 0.378 e. The van der Waals surface area contributed by atoms with E-state index in [-0.39, 0.29) is 5.78 Å². The molecular weight excluding hydrogens is 204 g/mol. The lowest BCUT2D eigenvalue weighted by atomic mass is 10.1. The van der Waals surface area contributed by atoms with Gasteiger partial charge in [-0.1, -0.05) is 0 Å². The number of hydrogen-bond donors (Lipinski definition) is 0. The number of aromatic nitrogens is 2. The number of Topliss-reactive ketones (excluding diaryl/α,β-unsaturated/α-hetero) is 1. The summed E-state index contributed by atoms with van der Waals surface area (Å²) in [6.45, 7) is 0.890. The Balaban J connectivity index is 1.71. The van der Waals surface area contributed by atoms with Gasteiger partial charge in [-0.25, -0.2) is 0 Å². The predicted octanol–water partition coefficient (Wildman–Crippen LogP) is 1.95. The van der Waals surface area contributed by atoms with Crippen molar-refractivity contribution in [3.05, 3.63) is 18.0 Å². The summed E-state index contributed by atoms with van der Waals surface area (Å²) >= 11 is 0. The van der Waals surface area contributed by atoms with Crippen molar-refractivity contribution in [2.45, 2.75) is 38.2 Å². The first-order valence-electron chi connectivity index (χ1n) is 5.89. The molecular formula is C12H18N2O2. The standard InChI is InChI=1S/C12H18N2O2/c1-14-9-10(8-13-14)12(15)6-2-4-11-5-3-7-16-11/h8-9,11H,2-7H2,1H3. The van der Waals surface area contributed by atoms with Crippen LogP contribution in [0.1, 0.15) is 42.5 Å². The molecule has 0 amide bonds. The molecule has 0 aromatic carbocycles. The van der Waals surface area contributed by atoms with Crippen LogP contribution in [0, 0.1) is 0 Å². The van der Waals surface area contributed by atoms with E-state index in [4.69, 9.17) is 4.74 Å². The molecule has 0 N–H and O–H groups in total. The van der Waals surface area contributed by atoms with Crippen molar-refractivity contribution in [3.8, 4) is 0 Å². The van der Waals surface area contributed by atoms with Crippen molar-refractivity contribution in [3.63, 3.8) is 0 Å². The van der Waals surface area contributed by atoms with Gasteiger partial charge >= 0.3 is 0 Å². The van der Waals surface area contributed by atoms with Crippen LogP contribution in [0.25, 0.3) is 0 Å². The zero-order chi connectivity index (χ0) is 11.4. The predicted molar refractivity (Wildman–Crippen MR) is 60.4 cm³/mol. The van der Waals surface area contributed by atoms with E-state index in [2.05, 4.69) is 5.10 Å². The van der Waals surface area contributed by atoms with E-state index in [9.17, 15) is 4.79 Å². The van der Waals surface area contributed by atoms with E-state index in [1.165, 1.54) is 6.42 Å². The molecule has 88 valence electrons. The number of carbonyl (C=O) groups is 1. The molecule has 16 heavy (non-hydrogen) atoms. The molecule has 4 heteroatoms. The number of ketones is 1. The summed E-state index contributed by atoms with van der Waals surface area (Å²) in [6, 6.07) is 0. The van der Waals surface area contributed by atoms with Gasteiger partial charge in [-0.15, -0.1) is 0 Å². The lowest BCUT2D eigenvalue weighted by molar-refractivity contribution is 0.0922. The van der Waals surface area contributed by atoms with Crippen LogP contribution in [0.3, 0.4) is 0 Å². The maximum Gasteiger partial charge on any atom is 0.166 e. The Hall–Kier alpha value is -1.16. The second kappa shape index (κ2) is 5.25. The minimum atomic E-state index is 0.186. The van der Waals surface area contributed by atoms with Crippen LogP contribution in [-0.2, 0) is 11.8 Å². The molecule has 2 rings (SSSR count). The van der Waals surface area contributed by atoms with E-state index >= 15 is 0 Å². The maximum absolute atomic E-state index is 11.7. The van der Waals surface area contributed by atoms with Gasteiger partial charge in [-0.05, 0) is 25.7 Å². The van der Waals surface area contributed by atoms with Gasteiger partial charge in [0.25, 0.3) is 0 Å². The molecule has 1 aliphatic heterocycles. The molecule has 2 heterocycles. The summed E-state index contributed by atoms with van der Waals surface area (Å²) in [5.74, 6) is 0.186. The Labute approximate surface area is 95.6 Å². The van der Waals surface area contributed by atoms with Crippen LogP contribution in [0.5, 0.6) is 0 Å². The third kappa shape index (κ3) is 2.92. The van der Waals surface area contributed by atoms with E-state index in [0.717, 1.165) is 31.4 Å². The first-order chi connectivity index (χ1) is 7.75. The summed E-state index contributed by atoms with van der Waals surface area (Å²) in [6.07, 6.45) is 8.64. The molecule has 0 bridgehead atoms. The van der Waals surface area contributed by atoms with Crippen molar-refractivity contribution >= 4 is 5.78 Å². The van der Waals surface area contributed by atoms with Crippen LogP contribution in [0.4, 0.5) is 0 Å². The van der Waals surface area contributed by atoms with Crippen molar-refractivity contribution in [1.29, 1.82) is 0 Å². The molecule has 0 spiro atoms. The lowest BCUT2D eigenvalue weighted by Gasteiger charge is -2.07. The van der Waals surface area contributed by atoms with E-state index in [1.54, 1.807) is 17.1 Å². The van der Waals surface area contributed by atoms with Gasteiger partial charge in [-0.2, -0.15) is 5.10 Å².